The van der Waals surface area contributed by atoms with Crippen LogP contribution in [0, 0.1) is 5.82 Å². The highest BCUT2D eigenvalue weighted by molar-refractivity contribution is 5.38. The summed E-state index contributed by atoms with van der Waals surface area (Å²) in [5, 5.41) is 18.5. The van der Waals surface area contributed by atoms with Crippen LogP contribution in [0.4, 0.5) is 4.39 Å². The Labute approximate surface area is 104 Å². The Morgan fingerprint density at radius 1 is 1.50 bits per heavy atom. The van der Waals surface area contributed by atoms with Crippen molar-refractivity contribution >= 4 is 0 Å². The number of aromatic nitrogens is 3. The number of hydrogen-bond donors (Lipinski definition) is 1. The van der Waals surface area contributed by atoms with Gasteiger partial charge in [0.1, 0.15) is 5.82 Å². The van der Waals surface area contributed by atoms with Crippen LogP contribution < -0.4 is 0 Å². The number of rotatable bonds is 2. The summed E-state index contributed by atoms with van der Waals surface area (Å²) in [6.45, 7) is 0. The normalized spacial score (nSPS) is 22.2. The van der Waals surface area contributed by atoms with Gasteiger partial charge in [0.25, 0.3) is 0 Å². The first-order valence-corrected chi connectivity index (χ1v) is 5.93. The molecular weight excluding hydrogens is 233 g/mol. The first kappa shape index (κ1) is 11.3. The average Bonchev–Trinajstić information content (AvgIpc) is 2.84. The van der Waals surface area contributed by atoms with E-state index >= 15 is 0 Å². The van der Waals surface area contributed by atoms with Gasteiger partial charge < -0.3 is 5.11 Å². The third kappa shape index (κ3) is 1.80. The van der Waals surface area contributed by atoms with Crippen molar-refractivity contribution < 1.29 is 9.50 Å². The summed E-state index contributed by atoms with van der Waals surface area (Å²) in [6.07, 6.45) is 3.51. The van der Waals surface area contributed by atoms with Crippen LogP contribution in [0.3, 0.4) is 0 Å². The largest absolute Gasteiger partial charge is 0.385 e. The van der Waals surface area contributed by atoms with Crippen LogP contribution in [0.15, 0.2) is 24.4 Å². The van der Waals surface area contributed by atoms with Crippen LogP contribution in [0.1, 0.15) is 23.2 Å². The van der Waals surface area contributed by atoms with E-state index in [4.69, 9.17) is 0 Å². The molecule has 3 rings (SSSR count). The van der Waals surface area contributed by atoms with Gasteiger partial charge in [-0.2, -0.15) is 0 Å². The lowest BCUT2D eigenvalue weighted by Gasteiger charge is -2.22. The molecule has 0 radical (unpaired) electrons. The number of hydrogen-bond acceptors (Lipinski definition) is 3. The minimum atomic E-state index is -0.945. The van der Waals surface area contributed by atoms with Gasteiger partial charge in [-0.25, -0.2) is 4.39 Å². The predicted octanol–water partition coefficient (Wildman–Crippen LogP) is 1.33. The lowest BCUT2D eigenvalue weighted by atomic mass is 9.91. The van der Waals surface area contributed by atoms with Crippen molar-refractivity contribution in [2.45, 2.75) is 24.9 Å². The minimum absolute atomic E-state index is 0.252. The summed E-state index contributed by atoms with van der Waals surface area (Å²) < 4.78 is 14.7. The third-order valence-electron chi connectivity index (χ3n) is 3.50. The molecule has 0 fully saturated rings. The highest BCUT2D eigenvalue weighted by Crippen LogP contribution is 2.39. The molecule has 0 spiro atoms. The fourth-order valence-electron chi connectivity index (χ4n) is 2.66. The molecule has 1 unspecified atom stereocenters. The van der Waals surface area contributed by atoms with Crippen LogP contribution in [0.5, 0.6) is 0 Å². The Morgan fingerprint density at radius 3 is 3.06 bits per heavy atom. The van der Waals surface area contributed by atoms with Crippen LogP contribution in [-0.2, 0) is 25.5 Å². The van der Waals surface area contributed by atoms with E-state index in [9.17, 15) is 9.50 Å². The zero-order valence-corrected chi connectivity index (χ0v) is 10.1. The number of fused-ring (bicyclic) bond motifs is 1. The van der Waals surface area contributed by atoms with E-state index in [1.54, 1.807) is 24.0 Å². The average molecular weight is 247 g/mol. The highest BCUT2D eigenvalue weighted by atomic mass is 19.1. The monoisotopic (exact) mass is 247 g/mol. The molecule has 1 aliphatic carbocycles. The summed E-state index contributed by atoms with van der Waals surface area (Å²) in [5.74, 6) is -0.252. The molecule has 0 saturated carbocycles. The topological polar surface area (TPSA) is 50.9 Å². The molecule has 0 bridgehead atoms. The maximum absolute atomic E-state index is 13.1. The summed E-state index contributed by atoms with van der Waals surface area (Å²) in [5.41, 5.74) is 1.51. The molecule has 1 aromatic carbocycles. The number of aliphatic hydroxyl groups is 1. The summed E-state index contributed by atoms with van der Waals surface area (Å²) in [4.78, 5) is 0. The minimum Gasteiger partial charge on any atom is -0.385 e. The number of aryl methyl sites for hydroxylation is 2. The van der Waals surface area contributed by atoms with Gasteiger partial charge in [-0.3, -0.25) is 4.68 Å². The van der Waals surface area contributed by atoms with Gasteiger partial charge in [0.15, 0.2) is 0 Å². The van der Waals surface area contributed by atoms with Gasteiger partial charge >= 0.3 is 0 Å². The van der Waals surface area contributed by atoms with Crippen molar-refractivity contribution in [3.8, 4) is 0 Å². The van der Waals surface area contributed by atoms with Crippen molar-refractivity contribution in [3.63, 3.8) is 0 Å². The van der Waals surface area contributed by atoms with Crippen LogP contribution in [0.2, 0.25) is 0 Å². The molecule has 1 N–H and O–H groups in total. The van der Waals surface area contributed by atoms with Crippen molar-refractivity contribution in [2.75, 3.05) is 0 Å². The van der Waals surface area contributed by atoms with Crippen molar-refractivity contribution in [1.82, 2.24) is 15.0 Å². The molecule has 0 saturated heterocycles. The molecular formula is C13H14FN3O. The first-order chi connectivity index (χ1) is 8.57. The van der Waals surface area contributed by atoms with Crippen LogP contribution >= 0.6 is 0 Å². The van der Waals surface area contributed by atoms with Gasteiger partial charge in [0.2, 0.25) is 0 Å². The fourth-order valence-corrected chi connectivity index (χ4v) is 2.66. The van der Waals surface area contributed by atoms with Crippen molar-refractivity contribution in [2.24, 2.45) is 7.05 Å². The molecule has 0 amide bonds. The van der Waals surface area contributed by atoms with Gasteiger partial charge in [-0.1, -0.05) is 11.3 Å². The van der Waals surface area contributed by atoms with E-state index in [1.807, 2.05) is 0 Å². The molecule has 1 aromatic heterocycles. The summed E-state index contributed by atoms with van der Waals surface area (Å²) >= 11 is 0. The lowest BCUT2D eigenvalue weighted by molar-refractivity contribution is 0.0379. The third-order valence-corrected chi connectivity index (χ3v) is 3.50. The maximum Gasteiger partial charge on any atom is 0.123 e. The Bertz CT molecular complexity index is 596. The van der Waals surface area contributed by atoms with Gasteiger partial charge in [0, 0.05) is 19.7 Å². The van der Waals surface area contributed by atoms with Crippen molar-refractivity contribution in [3.05, 3.63) is 47.0 Å². The van der Waals surface area contributed by atoms with E-state index in [1.165, 1.54) is 12.1 Å². The van der Waals surface area contributed by atoms with Gasteiger partial charge in [-0.05, 0) is 36.1 Å². The lowest BCUT2D eigenvalue weighted by Crippen LogP contribution is -2.25. The molecule has 1 aliphatic rings. The second-order valence-corrected chi connectivity index (χ2v) is 4.89. The zero-order chi connectivity index (χ0) is 12.8. The molecule has 94 valence electrons. The number of nitrogens with zero attached hydrogens (tertiary/aromatic N) is 3. The van der Waals surface area contributed by atoms with E-state index in [-0.39, 0.29) is 5.82 Å². The number of benzene rings is 1. The summed E-state index contributed by atoms with van der Waals surface area (Å²) in [7, 11) is 1.79. The molecule has 1 atom stereocenters. The molecule has 1 heterocycles. The van der Waals surface area contributed by atoms with E-state index in [0.29, 0.717) is 19.3 Å². The van der Waals surface area contributed by atoms with Crippen LogP contribution in [-0.4, -0.2) is 20.1 Å². The molecule has 18 heavy (non-hydrogen) atoms. The second-order valence-electron chi connectivity index (χ2n) is 4.89. The molecule has 0 aliphatic heterocycles. The smallest absolute Gasteiger partial charge is 0.123 e. The first-order valence-electron chi connectivity index (χ1n) is 5.93. The Morgan fingerprint density at radius 2 is 2.33 bits per heavy atom. The molecule has 2 aromatic rings. The van der Waals surface area contributed by atoms with E-state index in [0.717, 1.165) is 16.8 Å². The Balaban J connectivity index is 1.94. The molecule has 4 nitrogen and oxygen atoms in total. The van der Waals surface area contributed by atoms with Gasteiger partial charge in [-0.15, -0.1) is 5.10 Å². The predicted molar refractivity (Wildman–Crippen MR) is 63.3 cm³/mol. The summed E-state index contributed by atoms with van der Waals surface area (Å²) in [6, 6.07) is 4.57. The van der Waals surface area contributed by atoms with Crippen molar-refractivity contribution in [1.29, 1.82) is 0 Å². The quantitative estimate of drug-likeness (QED) is 0.871. The fraction of sp³-hybridized carbons (Fsp3) is 0.385. The van der Waals surface area contributed by atoms with Gasteiger partial charge in [0.05, 0.1) is 11.3 Å². The standard InChI is InChI=1S/C13H14FN3O/c1-17-8-11(15-16-17)7-13(18)5-4-9-6-10(14)2-3-12(9)13/h2-3,6,8,18H,4-5,7H2,1H3. The maximum atomic E-state index is 13.1. The van der Waals surface area contributed by atoms with Crippen LogP contribution in [0.25, 0.3) is 0 Å². The van der Waals surface area contributed by atoms with E-state index in [2.05, 4.69) is 10.3 Å². The SMILES string of the molecule is Cn1cc(CC2(O)CCc3cc(F)ccc32)nn1. The number of halogens is 1. The molecule has 5 heteroatoms. The Hall–Kier alpha value is -1.75. The van der Waals surface area contributed by atoms with E-state index < -0.39 is 5.60 Å². The second kappa shape index (κ2) is 3.88. The zero-order valence-electron chi connectivity index (χ0n) is 10.1. The Kier molecular flexibility index (Phi) is 2.45. The highest BCUT2D eigenvalue weighted by Gasteiger charge is 2.37.